The maximum absolute atomic E-state index is 12.2. The average Bonchev–Trinajstić information content (AvgIpc) is 2.68. The van der Waals surface area contributed by atoms with Gasteiger partial charge in [-0.1, -0.05) is 26.2 Å². The van der Waals surface area contributed by atoms with Crippen LogP contribution in [0.1, 0.15) is 64.0 Å². The maximum Gasteiger partial charge on any atom is 0.407 e. The normalized spacial score (nSPS) is 10.2. The zero-order valence-corrected chi connectivity index (χ0v) is 17.6. The van der Waals surface area contributed by atoms with E-state index in [0.717, 1.165) is 25.7 Å². The molecule has 162 valence electrons. The van der Waals surface area contributed by atoms with Crippen molar-refractivity contribution in [1.29, 1.82) is 0 Å². The summed E-state index contributed by atoms with van der Waals surface area (Å²) in [6.07, 6.45) is 3.51. The fourth-order valence-corrected chi connectivity index (χ4v) is 2.63. The zero-order chi connectivity index (χ0) is 21.5. The van der Waals surface area contributed by atoms with Crippen LogP contribution in [0, 0.1) is 0 Å². The summed E-state index contributed by atoms with van der Waals surface area (Å²) in [6, 6.07) is 5.27. The SMILES string of the molecule is CCCCCCC(=O)Nc1cc(COC(=O)NCC)cc(COC(=O)NCC)c1. The van der Waals surface area contributed by atoms with Gasteiger partial charge in [0.1, 0.15) is 13.2 Å². The summed E-state index contributed by atoms with van der Waals surface area (Å²) in [5, 5.41) is 7.99. The van der Waals surface area contributed by atoms with Crippen molar-refractivity contribution >= 4 is 23.8 Å². The van der Waals surface area contributed by atoms with E-state index in [1.165, 1.54) is 0 Å². The standard InChI is InChI=1S/C21H33N3O5/c1-4-7-8-9-10-19(25)24-18-12-16(14-28-20(26)22-5-2)11-17(13-18)15-29-21(27)23-6-3/h11-13H,4-10,14-15H2,1-3H3,(H,22,26)(H,23,27)(H,24,25). The zero-order valence-electron chi connectivity index (χ0n) is 17.6. The van der Waals surface area contributed by atoms with Crippen molar-refractivity contribution in [3.8, 4) is 0 Å². The molecular formula is C21H33N3O5. The third kappa shape index (κ3) is 11.0. The van der Waals surface area contributed by atoms with Gasteiger partial charge < -0.3 is 25.4 Å². The molecule has 0 saturated heterocycles. The van der Waals surface area contributed by atoms with Crippen LogP contribution in [0.3, 0.4) is 0 Å². The lowest BCUT2D eigenvalue weighted by molar-refractivity contribution is -0.116. The van der Waals surface area contributed by atoms with Crippen LogP contribution < -0.4 is 16.0 Å². The van der Waals surface area contributed by atoms with Crippen LogP contribution in [0.25, 0.3) is 0 Å². The monoisotopic (exact) mass is 407 g/mol. The first-order valence-corrected chi connectivity index (χ1v) is 10.2. The van der Waals surface area contributed by atoms with Gasteiger partial charge in [0.2, 0.25) is 5.91 Å². The fourth-order valence-electron chi connectivity index (χ4n) is 2.63. The average molecular weight is 408 g/mol. The molecule has 0 aliphatic rings. The van der Waals surface area contributed by atoms with Crippen LogP contribution >= 0.6 is 0 Å². The number of carbonyl (C=O) groups is 3. The minimum absolute atomic E-state index is 0.0419. The Hall–Kier alpha value is -2.77. The summed E-state index contributed by atoms with van der Waals surface area (Å²) in [4.78, 5) is 35.3. The molecule has 1 rings (SSSR count). The number of carbonyl (C=O) groups excluding carboxylic acids is 3. The van der Waals surface area contributed by atoms with Crippen molar-refractivity contribution in [1.82, 2.24) is 10.6 Å². The third-order valence-electron chi connectivity index (χ3n) is 3.98. The molecule has 3 amide bonds. The Morgan fingerprint density at radius 1 is 0.793 bits per heavy atom. The largest absolute Gasteiger partial charge is 0.445 e. The Balaban J connectivity index is 2.78. The van der Waals surface area contributed by atoms with E-state index >= 15 is 0 Å². The van der Waals surface area contributed by atoms with Gasteiger partial charge in [0.15, 0.2) is 0 Å². The lowest BCUT2D eigenvalue weighted by Gasteiger charge is -2.12. The minimum atomic E-state index is -0.516. The molecule has 29 heavy (non-hydrogen) atoms. The van der Waals surface area contributed by atoms with Gasteiger partial charge >= 0.3 is 12.2 Å². The van der Waals surface area contributed by atoms with Gasteiger partial charge in [-0.25, -0.2) is 9.59 Å². The summed E-state index contributed by atoms with van der Waals surface area (Å²) in [7, 11) is 0. The first kappa shape index (κ1) is 24.3. The molecule has 0 aliphatic heterocycles. The second-order valence-electron chi connectivity index (χ2n) is 6.61. The van der Waals surface area contributed by atoms with Gasteiger partial charge in [0, 0.05) is 25.2 Å². The number of benzene rings is 1. The number of hydrogen-bond donors (Lipinski definition) is 3. The molecule has 1 aromatic rings. The number of unbranched alkanes of at least 4 members (excludes halogenated alkanes) is 3. The Bertz CT molecular complexity index is 623. The van der Waals surface area contributed by atoms with E-state index in [0.29, 0.717) is 36.3 Å². The number of anilines is 1. The number of ether oxygens (including phenoxy) is 2. The lowest BCUT2D eigenvalue weighted by Crippen LogP contribution is -2.24. The van der Waals surface area contributed by atoms with Crippen LogP contribution in [0.5, 0.6) is 0 Å². The van der Waals surface area contributed by atoms with Gasteiger partial charge in [-0.2, -0.15) is 0 Å². The lowest BCUT2D eigenvalue weighted by atomic mass is 10.1. The molecule has 0 heterocycles. The van der Waals surface area contributed by atoms with E-state index in [9.17, 15) is 14.4 Å². The van der Waals surface area contributed by atoms with Crippen LogP contribution in [0.2, 0.25) is 0 Å². The maximum atomic E-state index is 12.2. The van der Waals surface area contributed by atoms with Gasteiger partial charge in [-0.15, -0.1) is 0 Å². The highest BCUT2D eigenvalue weighted by Crippen LogP contribution is 2.18. The molecule has 0 spiro atoms. The fraction of sp³-hybridized carbons (Fsp3) is 0.571. The molecule has 0 aromatic heterocycles. The van der Waals surface area contributed by atoms with Gasteiger partial charge in [-0.05, 0) is 49.6 Å². The highest BCUT2D eigenvalue weighted by Gasteiger charge is 2.09. The predicted molar refractivity (Wildman–Crippen MR) is 112 cm³/mol. The molecule has 0 saturated carbocycles. The third-order valence-corrected chi connectivity index (χ3v) is 3.98. The van der Waals surface area contributed by atoms with Crippen molar-refractivity contribution in [2.24, 2.45) is 0 Å². The first-order valence-electron chi connectivity index (χ1n) is 10.2. The summed E-state index contributed by atoms with van der Waals surface area (Å²) < 4.78 is 10.3. The summed E-state index contributed by atoms with van der Waals surface area (Å²) in [6.45, 7) is 6.75. The van der Waals surface area contributed by atoms with E-state index in [-0.39, 0.29) is 19.1 Å². The Morgan fingerprint density at radius 3 is 1.83 bits per heavy atom. The number of amides is 3. The predicted octanol–water partition coefficient (Wildman–Crippen LogP) is 4.09. The van der Waals surface area contributed by atoms with Crippen molar-refractivity contribution in [2.45, 2.75) is 66.1 Å². The number of alkyl carbamates (subject to hydrolysis) is 2. The van der Waals surface area contributed by atoms with Crippen molar-refractivity contribution < 1.29 is 23.9 Å². The summed E-state index contributed by atoms with van der Waals surface area (Å²) >= 11 is 0. The van der Waals surface area contributed by atoms with Crippen molar-refractivity contribution in [3.05, 3.63) is 29.3 Å². The number of nitrogens with one attached hydrogen (secondary N) is 3. The van der Waals surface area contributed by atoms with Crippen LogP contribution in [-0.2, 0) is 27.5 Å². The Morgan fingerprint density at radius 2 is 1.34 bits per heavy atom. The van der Waals surface area contributed by atoms with Gasteiger partial charge in [0.25, 0.3) is 0 Å². The summed E-state index contributed by atoms with van der Waals surface area (Å²) in [5.74, 6) is -0.0708. The van der Waals surface area contributed by atoms with Gasteiger partial charge in [-0.3, -0.25) is 4.79 Å². The van der Waals surface area contributed by atoms with E-state index in [2.05, 4.69) is 22.9 Å². The Labute approximate surface area is 172 Å². The second-order valence-corrected chi connectivity index (χ2v) is 6.61. The highest BCUT2D eigenvalue weighted by atomic mass is 16.6. The van der Waals surface area contributed by atoms with Crippen LogP contribution in [0.4, 0.5) is 15.3 Å². The molecule has 0 radical (unpaired) electrons. The number of rotatable bonds is 12. The van der Waals surface area contributed by atoms with E-state index in [1.807, 2.05) is 0 Å². The van der Waals surface area contributed by atoms with Crippen LogP contribution in [-0.4, -0.2) is 31.2 Å². The highest BCUT2D eigenvalue weighted by molar-refractivity contribution is 5.90. The van der Waals surface area contributed by atoms with E-state index in [4.69, 9.17) is 9.47 Å². The molecule has 3 N–H and O–H groups in total. The van der Waals surface area contributed by atoms with E-state index in [1.54, 1.807) is 32.0 Å². The molecule has 0 fully saturated rings. The molecule has 0 aliphatic carbocycles. The molecule has 8 nitrogen and oxygen atoms in total. The molecule has 1 aromatic carbocycles. The molecule has 0 bridgehead atoms. The summed E-state index contributed by atoms with van der Waals surface area (Å²) in [5.41, 5.74) is 1.96. The Kier molecular flexibility index (Phi) is 11.9. The van der Waals surface area contributed by atoms with Gasteiger partial charge in [0.05, 0.1) is 0 Å². The second kappa shape index (κ2) is 14.3. The quantitative estimate of drug-likeness (QED) is 0.453. The topological polar surface area (TPSA) is 106 Å². The first-order chi connectivity index (χ1) is 14.0. The number of hydrogen-bond acceptors (Lipinski definition) is 5. The molecule has 0 atom stereocenters. The molecular weight excluding hydrogens is 374 g/mol. The minimum Gasteiger partial charge on any atom is -0.445 e. The smallest absolute Gasteiger partial charge is 0.407 e. The molecule has 0 unspecified atom stereocenters. The van der Waals surface area contributed by atoms with E-state index < -0.39 is 12.2 Å². The van der Waals surface area contributed by atoms with Crippen molar-refractivity contribution in [2.75, 3.05) is 18.4 Å². The molecule has 8 heteroatoms. The van der Waals surface area contributed by atoms with Crippen LogP contribution in [0.15, 0.2) is 18.2 Å². The van der Waals surface area contributed by atoms with Crippen molar-refractivity contribution in [3.63, 3.8) is 0 Å².